The molecule has 0 bridgehead atoms. The van der Waals surface area contributed by atoms with Crippen molar-refractivity contribution in [1.82, 2.24) is 0 Å². The van der Waals surface area contributed by atoms with E-state index in [1.54, 1.807) is 24.3 Å². The molecule has 2 heterocycles. The minimum Gasteiger partial charge on any atom is -0.321 e. The molecule has 0 aromatic heterocycles. The van der Waals surface area contributed by atoms with E-state index in [0.717, 1.165) is 9.79 Å². The molecule has 4 rings (SSSR count). The summed E-state index contributed by atoms with van der Waals surface area (Å²) in [6.07, 6.45) is 0. The van der Waals surface area contributed by atoms with E-state index in [2.05, 4.69) is 0 Å². The zero-order valence-corrected chi connectivity index (χ0v) is 21.7. The Hall–Kier alpha value is -0.920. The molecule has 0 saturated carbocycles. The molecule has 0 amide bonds. The van der Waals surface area contributed by atoms with Crippen molar-refractivity contribution in [3.63, 3.8) is 0 Å². The summed E-state index contributed by atoms with van der Waals surface area (Å²) in [5.41, 5.74) is -5.88. The number of non-ortho nitro benzene ring substituents is 2. The lowest BCUT2D eigenvalue weighted by molar-refractivity contribution is -0.385. The average Bonchev–Trinajstić information content (AvgIpc) is 2.79. The normalized spacial score (nSPS) is 29.6. The highest BCUT2D eigenvalue weighted by molar-refractivity contribution is 8.68. The maximum Gasteiger partial charge on any atom is 0.269 e. The Kier molecular flexibility index (Phi) is 7.62. The molecule has 33 heavy (non-hydrogen) atoms. The van der Waals surface area contributed by atoms with E-state index >= 15 is 0 Å². The van der Waals surface area contributed by atoms with Gasteiger partial charge in [0.05, 0.1) is 41.7 Å². The van der Waals surface area contributed by atoms with Gasteiger partial charge in [0.25, 0.3) is 22.8 Å². The summed E-state index contributed by atoms with van der Waals surface area (Å²) in [6, 6.07) is 12.1. The van der Waals surface area contributed by atoms with Crippen LogP contribution >= 0.6 is 34.2 Å². The fourth-order valence-corrected chi connectivity index (χ4v) is 11.7. The fourth-order valence-electron chi connectivity index (χ4n) is 2.81. The molecular weight excluding hydrogens is 550 g/mol. The smallest absolute Gasteiger partial charge is 0.269 e. The molecule has 0 unspecified atom stereocenters. The molecule has 0 aliphatic carbocycles. The van der Waals surface area contributed by atoms with Crippen LogP contribution < -0.4 is 0 Å². The van der Waals surface area contributed by atoms with Gasteiger partial charge in [0, 0.05) is 34.1 Å². The minimum absolute atomic E-state index is 0.000587. The van der Waals surface area contributed by atoms with Crippen molar-refractivity contribution in [2.45, 2.75) is 9.79 Å². The number of nitrogens with zero attached hydrogens (tertiary/aromatic N) is 2. The summed E-state index contributed by atoms with van der Waals surface area (Å²) in [4.78, 5) is 22.1. The molecule has 0 atom stereocenters. The van der Waals surface area contributed by atoms with Gasteiger partial charge in [-0.1, -0.05) is 0 Å². The zero-order chi connectivity index (χ0) is 23.7. The lowest BCUT2D eigenvalue weighted by Crippen LogP contribution is -2.45. The Balaban J connectivity index is 1.32. The second-order valence-electron chi connectivity index (χ2n) is 7.17. The van der Waals surface area contributed by atoms with Crippen LogP contribution in [0.25, 0.3) is 0 Å². The number of nitro groups is 2. The van der Waals surface area contributed by atoms with Crippen LogP contribution in [0, 0.1) is 25.6 Å². The van der Waals surface area contributed by atoms with E-state index in [0.29, 0.717) is 0 Å². The van der Waals surface area contributed by atoms with E-state index in [-0.39, 0.29) is 37.8 Å². The highest BCUT2D eigenvalue weighted by Crippen LogP contribution is 2.70. The molecule has 16 heteroatoms. The Morgan fingerprint density at radius 1 is 0.697 bits per heavy atom. The van der Waals surface area contributed by atoms with Gasteiger partial charge in [-0.2, -0.15) is 0 Å². The summed E-state index contributed by atoms with van der Waals surface area (Å²) in [7, 11) is 0. The van der Waals surface area contributed by atoms with Gasteiger partial charge in [-0.3, -0.25) is 20.2 Å². The number of rotatable bonds is 6. The van der Waals surface area contributed by atoms with Crippen LogP contribution in [-0.4, -0.2) is 36.3 Å². The predicted octanol–water partition coefficient (Wildman–Crippen LogP) is 5.92. The van der Waals surface area contributed by atoms with Crippen molar-refractivity contribution in [1.29, 1.82) is 0 Å². The molecule has 2 aromatic rings. The third-order valence-electron chi connectivity index (χ3n) is 4.64. The maximum atomic E-state index is 10.8. The van der Waals surface area contributed by atoms with Gasteiger partial charge in [-0.05, 0) is 70.6 Å². The van der Waals surface area contributed by atoms with E-state index in [4.69, 9.17) is 41.7 Å². The first-order valence-corrected chi connectivity index (χ1v) is 17.4. The topological polar surface area (TPSA) is 123 Å². The van der Waals surface area contributed by atoms with Crippen molar-refractivity contribution < 1.29 is 27.9 Å². The van der Waals surface area contributed by atoms with Crippen LogP contribution in [0.15, 0.2) is 58.3 Å². The van der Waals surface area contributed by atoms with Crippen molar-refractivity contribution in [2.75, 3.05) is 26.4 Å². The Morgan fingerprint density at radius 2 is 1.00 bits per heavy atom. The summed E-state index contributed by atoms with van der Waals surface area (Å²) < 4.78 is 23.8. The highest BCUT2D eigenvalue weighted by atomic mass is 32.9. The van der Waals surface area contributed by atoms with Crippen molar-refractivity contribution in [2.24, 2.45) is 5.41 Å². The average molecular weight is 567 g/mol. The number of benzene rings is 2. The van der Waals surface area contributed by atoms with Gasteiger partial charge in [-0.25, -0.2) is 0 Å². The van der Waals surface area contributed by atoms with Crippen molar-refractivity contribution >= 4 is 69.1 Å². The summed E-state index contributed by atoms with van der Waals surface area (Å²) >= 11 is 13.7. The molecule has 10 nitrogen and oxygen atoms in total. The number of nitro benzene ring substituents is 2. The molecule has 2 aliphatic heterocycles. The number of hydrogen-bond donors (Lipinski definition) is 0. The summed E-state index contributed by atoms with van der Waals surface area (Å²) in [5, 5.41) is 21.6. The third-order valence-corrected chi connectivity index (χ3v) is 14.3. The molecule has 2 aliphatic rings. The fraction of sp³-hybridized carbons (Fsp3) is 0.294. The number of hydrogen-bond acceptors (Lipinski definition) is 12. The van der Waals surface area contributed by atoms with Crippen LogP contribution in [0.4, 0.5) is 11.4 Å². The maximum absolute atomic E-state index is 10.8. The monoisotopic (exact) mass is 566 g/mol. The molecule has 2 fully saturated rings. The first-order chi connectivity index (χ1) is 15.6. The second-order valence-corrected chi connectivity index (χ2v) is 19.6. The van der Waals surface area contributed by atoms with E-state index in [1.165, 1.54) is 47.0 Å². The van der Waals surface area contributed by atoms with Gasteiger partial charge in [0.1, 0.15) is 0 Å². The third kappa shape index (κ3) is 6.21. The molecule has 2 aromatic carbocycles. The SMILES string of the molecule is O=[N+]([O-])c1ccc(SP2(=S)OCC3(CO2)COP(=S)(Sc2ccc([N+](=O)[O-])cc2)OC3)cc1. The van der Waals surface area contributed by atoms with Crippen LogP contribution in [0.1, 0.15) is 0 Å². The van der Waals surface area contributed by atoms with Crippen molar-refractivity contribution in [3.05, 3.63) is 68.8 Å². The van der Waals surface area contributed by atoms with Gasteiger partial charge < -0.3 is 18.1 Å². The van der Waals surface area contributed by atoms with E-state index < -0.39 is 26.6 Å². The lowest BCUT2D eigenvalue weighted by atomic mass is 9.93. The molecule has 1 spiro atoms. The van der Waals surface area contributed by atoms with Gasteiger partial charge >= 0.3 is 0 Å². The largest absolute Gasteiger partial charge is 0.321 e. The zero-order valence-electron chi connectivity index (χ0n) is 16.6. The van der Waals surface area contributed by atoms with Gasteiger partial charge in [0.15, 0.2) is 0 Å². The van der Waals surface area contributed by atoms with Crippen LogP contribution in [-0.2, 0) is 41.7 Å². The molecule has 0 N–H and O–H groups in total. The first kappa shape index (κ1) is 25.2. The molecule has 176 valence electrons. The Bertz CT molecular complexity index is 1050. The van der Waals surface area contributed by atoms with Crippen LogP contribution in [0.3, 0.4) is 0 Å². The van der Waals surface area contributed by atoms with Crippen molar-refractivity contribution in [3.8, 4) is 0 Å². The second kappa shape index (κ2) is 9.98. The predicted molar refractivity (Wildman–Crippen MR) is 133 cm³/mol. The van der Waals surface area contributed by atoms with Crippen LogP contribution in [0.5, 0.6) is 0 Å². The van der Waals surface area contributed by atoms with E-state index in [9.17, 15) is 20.2 Å². The van der Waals surface area contributed by atoms with Gasteiger partial charge in [-0.15, -0.1) is 0 Å². The minimum atomic E-state index is -2.67. The standard InChI is InChI=1S/C17H16N2O8P2S4/c20-18(21)13-1-5-15(6-2-13)32-28(30)24-9-17(10-25-28)11-26-29(31,27-12-17)33-16-7-3-14(4-8-16)19(22)23/h1-8H,9-12H2. The van der Waals surface area contributed by atoms with E-state index in [1.807, 2.05) is 0 Å². The highest BCUT2D eigenvalue weighted by Gasteiger charge is 2.46. The molecule has 0 radical (unpaired) electrons. The summed E-state index contributed by atoms with van der Waals surface area (Å²) in [6.45, 7) is 1.12. The Labute approximate surface area is 206 Å². The quantitative estimate of drug-likeness (QED) is 0.234. The Morgan fingerprint density at radius 3 is 1.27 bits per heavy atom. The summed E-state index contributed by atoms with van der Waals surface area (Å²) in [5.74, 6) is 0. The van der Waals surface area contributed by atoms with Crippen LogP contribution in [0.2, 0.25) is 0 Å². The first-order valence-electron chi connectivity index (χ1n) is 9.26. The lowest BCUT2D eigenvalue weighted by Gasteiger charge is -2.44. The molecular formula is C17H16N2O8P2S4. The molecule has 2 saturated heterocycles. The van der Waals surface area contributed by atoms with Gasteiger partial charge in [0.2, 0.25) is 0 Å².